The van der Waals surface area contributed by atoms with E-state index in [-0.39, 0.29) is 34.7 Å². The average molecular weight is 430 g/mol. The van der Waals surface area contributed by atoms with Crippen LogP contribution in [0.4, 0.5) is 17.1 Å². The minimum absolute atomic E-state index is 0.0176. The van der Waals surface area contributed by atoms with Gasteiger partial charge in [-0.25, -0.2) is 0 Å². The molecule has 0 saturated heterocycles. The molecule has 0 spiro atoms. The van der Waals surface area contributed by atoms with Gasteiger partial charge in [-0.2, -0.15) is 0 Å². The fourth-order valence-electron chi connectivity index (χ4n) is 2.48. The quantitative estimate of drug-likeness (QED) is 0.416. The molecule has 1 heterocycles. The fraction of sp³-hybridized carbons (Fsp3) is 0.100. The molecule has 0 aliphatic carbocycles. The van der Waals surface area contributed by atoms with Gasteiger partial charge < -0.3 is 19.8 Å². The molecule has 2 N–H and O–H groups in total. The molecule has 3 rings (SSSR count). The number of nitrogens with one attached hydrogen (secondary N) is 2. The molecule has 3 aromatic rings. The molecule has 0 aliphatic rings. The number of halogens is 1. The number of benzene rings is 2. The standard InChI is InChI=1S/C20H16ClN3O6/c1-12(25)22-13-2-4-14(5-3-13)23-20(26)19-9-7-16(30-19)11-29-18-8-6-15(24(27)28)10-17(18)21/h2-10H,11H2,1H3,(H,22,25)(H,23,26). The summed E-state index contributed by atoms with van der Waals surface area (Å²) in [4.78, 5) is 33.5. The van der Waals surface area contributed by atoms with Crippen LogP contribution in [0, 0.1) is 10.1 Å². The first-order valence-electron chi connectivity index (χ1n) is 8.66. The molecule has 2 amide bonds. The first-order chi connectivity index (χ1) is 14.3. The van der Waals surface area contributed by atoms with E-state index in [1.54, 1.807) is 30.3 Å². The van der Waals surface area contributed by atoms with Gasteiger partial charge in [-0.3, -0.25) is 19.7 Å². The van der Waals surface area contributed by atoms with E-state index in [0.717, 1.165) is 0 Å². The molecule has 0 fully saturated rings. The van der Waals surface area contributed by atoms with Crippen LogP contribution in [-0.2, 0) is 11.4 Å². The first kappa shape index (κ1) is 20.9. The number of furan rings is 1. The summed E-state index contributed by atoms with van der Waals surface area (Å²) < 4.78 is 11.0. The van der Waals surface area contributed by atoms with Crippen LogP contribution in [0.3, 0.4) is 0 Å². The summed E-state index contributed by atoms with van der Waals surface area (Å²) >= 11 is 5.98. The number of nitro groups is 1. The van der Waals surface area contributed by atoms with Gasteiger partial charge in [-0.15, -0.1) is 0 Å². The largest absolute Gasteiger partial charge is 0.484 e. The van der Waals surface area contributed by atoms with E-state index in [9.17, 15) is 19.7 Å². The van der Waals surface area contributed by atoms with Gasteiger partial charge in [-0.1, -0.05) is 11.6 Å². The zero-order valence-electron chi connectivity index (χ0n) is 15.7. The van der Waals surface area contributed by atoms with Crippen molar-refractivity contribution in [2.24, 2.45) is 0 Å². The van der Waals surface area contributed by atoms with Crippen LogP contribution in [0.1, 0.15) is 23.2 Å². The molecule has 0 aliphatic heterocycles. The minimum atomic E-state index is -0.555. The van der Waals surface area contributed by atoms with Crippen LogP contribution < -0.4 is 15.4 Å². The van der Waals surface area contributed by atoms with Gasteiger partial charge in [-0.05, 0) is 42.5 Å². The van der Waals surface area contributed by atoms with Gasteiger partial charge >= 0.3 is 0 Å². The number of hydrogen-bond donors (Lipinski definition) is 2. The molecule has 0 atom stereocenters. The molecule has 0 saturated carbocycles. The summed E-state index contributed by atoms with van der Waals surface area (Å²) in [7, 11) is 0. The monoisotopic (exact) mass is 429 g/mol. The minimum Gasteiger partial charge on any atom is -0.484 e. The molecule has 0 radical (unpaired) electrons. The topological polar surface area (TPSA) is 124 Å². The Morgan fingerprint density at radius 3 is 2.33 bits per heavy atom. The Bertz CT molecular complexity index is 1090. The van der Waals surface area contributed by atoms with Crippen LogP contribution in [0.15, 0.2) is 59.0 Å². The maximum absolute atomic E-state index is 12.3. The second-order valence-corrected chi connectivity index (χ2v) is 6.55. The van der Waals surface area contributed by atoms with Gasteiger partial charge in [0.2, 0.25) is 5.91 Å². The summed E-state index contributed by atoms with van der Waals surface area (Å²) in [6.07, 6.45) is 0. The molecule has 2 aromatic carbocycles. The SMILES string of the molecule is CC(=O)Nc1ccc(NC(=O)c2ccc(COc3ccc([N+](=O)[O-])cc3Cl)o2)cc1. The average Bonchev–Trinajstić information content (AvgIpc) is 3.17. The van der Waals surface area contributed by atoms with Crippen LogP contribution in [0.5, 0.6) is 5.75 Å². The predicted molar refractivity (Wildman–Crippen MR) is 110 cm³/mol. The van der Waals surface area contributed by atoms with E-state index < -0.39 is 10.8 Å². The Hall–Kier alpha value is -3.85. The number of non-ortho nitro benzene ring substituents is 1. The number of amides is 2. The predicted octanol–water partition coefficient (Wildman–Crippen LogP) is 4.63. The zero-order chi connectivity index (χ0) is 21.7. The van der Waals surface area contributed by atoms with Crippen molar-refractivity contribution in [1.82, 2.24) is 0 Å². The van der Waals surface area contributed by atoms with Crippen molar-refractivity contribution in [3.63, 3.8) is 0 Å². The van der Waals surface area contributed by atoms with Gasteiger partial charge in [0.1, 0.15) is 18.1 Å². The molecule has 1 aromatic heterocycles. The highest BCUT2D eigenvalue weighted by atomic mass is 35.5. The van der Waals surface area contributed by atoms with E-state index in [4.69, 9.17) is 20.8 Å². The highest BCUT2D eigenvalue weighted by Gasteiger charge is 2.14. The lowest BCUT2D eigenvalue weighted by atomic mass is 10.2. The molecular weight excluding hydrogens is 414 g/mol. The lowest BCUT2D eigenvalue weighted by Crippen LogP contribution is -2.11. The molecule has 10 heteroatoms. The van der Waals surface area contributed by atoms with Crippen molar-refractivity contribution in [2.45, 2.75) is 13.5 Å². The van der Waals surface area contributed by atoms with E-state index in [0.29, 0.717) is 17.1 Å². The Kier molecular flexibility index (Phi) is 6.33. The molecule has 30 heavy (non-hydrogen) atoms. The third kappa shape index (κ3) is 5.36. The number of anilines is 2. The maximum Gasteiger partial charge on any atom is 0.291 e. The number of carbonyl (C=O) groups is 2. The van der Waals surface area contributed by atoms with E-state index in [2.05, 4.69) is 10.6 Å². The molecule has 154 valence electrons. The van der Waals surface area contributed by atoms with Crippen molar-refractivity contribution in [3.05, 3.63) is 81.3 Å². The molecular formula is C20H16ClN3O6. The van der Waals surface area contributed by atoms with Crippen LogP contribution in [-0.4, -0.2) is 16.7 Å². The van der Waals surface area contributed by atoms with Crippen molar-refractivity contribution >= 4 is 40.5 Å². The van der Waals surface area contributed by atoms with Crippen molar-refractivity contribution in [3.8, 4) is 5.75 Å². The van der Waals surface area contributed by atoms with Crippen LogP contribution >= 0.6 is 11.6 Å². The normalized spacial score (nSPS) is 10.3. The zero-order valence-corrected chi connectivity index (χ0v) is 16.4. The molecule has 0 bridgehead atoms. The summed E-state index contributed by atoms with van der Waals surface area (Å²) in [6.45, 7) is 1.39. The van der Waals surface area contributed by atoms with Crippen LogP contribution in [0.25, 0.3) is 0 Å². The second kappa shape index (κ2) is 9.10. The van der Waals surface area contributed by atoms with Crippen molar-refractivity contribution in [1.29, 1.82) is 0 Å². The van der Waals surface area contributed by atoms with Gasteiger partial charge in [0.25, 0.3) is 11.6 Å². The highest BCUT2D eigenvalue weighted by molar-refractivity contribution is 6.32. The van der Waals surface area contributed by atoms with Crippen molar-refractivity contribution in [2.75, 3.05) is 10.6 Å². The summed E-state index contributed by atoms with van der Waals surface area (Å²) in [5, 5.41) is 16.1. The first-order valence-corrected chi connectivity index (χ1v) is 9.04. The number of nitrogens with zero attached hydrogens (tertiary/aromatic N) is 1. The molecule has 0 unspecified atom stereocenters. The summed E-state index contributed by atoms with van der Waals surface area (Å²) in [5.74, 6) is 0.0582. The summed E-state index contributed by atoms with van der Waals surface area (Å²) in [5.41, 5.74) is 0.998. The fourth-order valence-corrected chi connectivity index (χ4v) is 2.71. The van der Waals surface area contributed by atoms with Crippen LogP contribution in [0.2, 0.25) is 5.02 Å². The van der Waals surface area contributed by atoms with E-state index in [1.165, 1.54) is 31.2 Å². The Labute approximate surface area is 175 Å². The lowest BCUT2D eigenvalue weighted by molar-refractivity contribution is -0.384. The number of hydrogen-bond acceptors (Lipinski definition) is 6. The van der Waals surface area contributed by atoms with Crippen molar-refractivity contribution < 1.29 is 23.7 Å². The third-order valence-corrected chi connectivity index (χ3v) is 4.14. The third-order valence-electron chi connectivity index (χ3n) is 3.84. The number of carbonyl (C=O) groups excluding carboxylic acids is 2. The smallest absolute Gasteiger partial charge is 0.291 e. The summed E-state index contributed by atoms with van der Waals surface area (Å²) in [6, 6.07) is 13.5. The Morgan fingerprint density at radius 2 is 1.73 bits per heavy atom. The molecule has 9 nitrogen and oxygen atoms in total. The second-order valence-electron chi connectivity index (χ2n) is 6.14. The van der Waals surface area contributed by atoms with Gasteiger partial charge in [0.05, 0.1) is 9.95 Å². The number of rotatable bonds is 7. The Balaban J connectivity index is 1.58. The number of nitro benzene ring substituents is 1. The van der Waals surface area contributed by atoms with E-state index >= 15 is 0 Å². The maximum atomic E-state index is 12.3. The lowest BCUT2D eigenvalue weighted by Gasteiger charge is -2.07. The number of ether oxygens (including phenoxy) is 1. The van der Waals surface area contributed by atoms with Gasteiger partial charge in [0.15, 0.2) is 5.76 Å². The van der Waals surface area contributed by atoms with E-state index in [1.807, 2.05) is 0 Å². The highest BCUT2D eigenvalue weighted by Crippen LogP contribution is 2.29. The van der Waals surface area contributed by atoms with Gasteiger partial charge in [0, 0.05) is 30.4 Å². The Morgan fingerprint density at radius 1 is 1.07 bits per heavy atom.